The van der Waals surface area contributed by atoms with Crippen LogP contribution in [0.15, 0.2) is 156 Å². The summed E-state index contributed by atoms with van der Waals surface area (Å²) in [6.07, 6.45) is 0. The lowest BCUT2D eigenvalue weighted by Crippen LogP contribution is -1.97. The molecule has 8 aromatic rings. The molecule has 0 amide bonds. The summed E-state index contributed by atoms with van der Waals surface area (Å²) >= 11 is 3.60. The zero-order chi connectivity index (χ0) is 28.0. The van der Waals surface area contributed by atoms with Gasteiger partial charge in [0, 0.05) is 15.7 Å². The smallest absolute Gasteiger partial charge is 0.145 e. The third kappa shape index (κ3) is 4.05. The van der Waals surface area contributed by atoms with Crippen molar-refractivity contribution in [1.29, 1.82) is 0 Å². The quantitative estimate of drug-likeness (QED) is 0.184. The standard InChI is InChI=1S/C39H25BrN2/c40-29-24-22-27(23-25-29)38-33-14-6-4-12-31(33)37(32-13-5-7-15-34(32)38)26-18-20-28(21-19-26)39-41-35-16-8-9-17-36(35)42(39)30-10-2-1-3-11-30/h1-25H. The maximum absolute atomic E-state index is 5.07. The Morgan fingerprint density at radius 3 is 1.45 bits per heavy atom. The minimum absolute atomic E-state index is 0.939. The second-order valence-electron chi connectivity index (χ2n) is 10.5. The molecular formula is C39H25BrN2. The average molecular weight is 602 g/mol. The van der Waals surface area contributed by atoms with Crippen LogP contribution in [0, 0.1) is 0 Å². The van der Waals surface area contributed by atoms with Crippen LogP contribution in [0.1, 0.15) is 0 Å². The van der Waals surface area contributed by atoms with Gasteiger partial charge >= 0.3 is 0 Å². The summed E-state index contributed by atoms with van der Waals surface area (Å²) in [5.74, 6) is 0.939. The molecule has 0 fully saturated rings. The first kappa shape index (κ1) is 24.8. The van der Waals surface area contributed by atoms with Crippen molar-refractivity contribution in [2.24, 2.45) is 0 Å². The Hall–Kier alpha value is -4.99. The molecule has 7 aromatic carbocycles. The fourth-order valence-corrected chi connectivity index (χ4v) is 6.48. The fourth-order valence-electron chi connectivity index (χ4n) is 6.21. The first-order chi connectivity index (χ1) is 20.8. The molecule has 8 rings (SSSR count). The van der Waals surface area contributed by atoms with Crippen LogP contribution in [0.25, 0.3) is 71.9 Å². The molecule has 0 saturated carbocycles. The monoisotopic (exact) mass is 600 g/mol. The number of para-hydroxylation sites is 3. The van der Waals surface area contributed by atoms with E-state index in [0.29, 0.717) is 0 Å². The van der Waals surface area contributed by atoms with E-state index in [4.69, 9.17) is 4.98 Å². The summed E-state index contributed by atoms with van der Waals surface area (Å²) in [5.41, 5.74) is 9.20. The highest BCUT2D eigenvalue weighted by Crippen LogP contribution is 2.44. The zero-order valence-corrected chi connectivity index (χ0v) is 24.3. The van der Waals surface area contributed by atoms with Crippen molar-refractivity contribution in [2.45, 2.75) is 0 Å². The van der Waals surface area contributed by atoms with Crippen LogP contribution in [-0.4, -0.2) is 9.55 Å². The lowest BCUT2D eigenvalue weighted by molar-refractivity contribution is 1.10. The Labute approximate surface area is 252 Å². The van der Waals surface area contributed by atoms with E-state index >= 15 is 0 Å². The third-order valence-electron chi connectivity index (χ3n) is 8.07. The van der Waals surface area contributed by atoms with Gasteiger partial charge < -0.3 is 0 Å². The van der Waals surface area contributed by atoms with Crippen molar-refractivity contribution < 1.29 is 0 Å². The van der Waals surface area contributed by atoms with Crippen LogP contribution in [0.2, 0.25) is 0 Å². The molecule has 0 saturated heterocycles. The van der Waals surface area contributed by atoms with E-state index in [9.17, 15) is 0 Å². The molecule has 0 aliphatic rings. The van der Waals surface area contributed by atoms with Gasteiger partial charge in [-0.05, 0) is 80.2 Å². The van der Waals surface area contributed by atoms with Crippen LogP contribution >= 0.6 is 15.9 Å². The van der Waals surface area contributed by atoms with Gasteiger partial charge in [0.25, 0.3) is 0 Å². The molecule has 0 aliphatic carbocycles. The lowest BCUT2D eigenvalue weighted by Gasteiger charge is -2.18. The van der Waals surface area contributed by atoms with Crippen LogP contribution < -0.4 is 0 Å². The summed E-state index contributed by atoms with van der Waals surface area (Å²) in [5, 5.41) is 5.00. The number of hydrogen-bond donors (Lipinski definition) is 0. The van der Waals surface area contributed by atoms with Gasteiger partial charge in [0.1, 0.15) is 5.82 Å². The van der Waals surface area contributed by atoms with Crippen LogP contribution in [0.3, 0.4) is 0 Å². The van der Waals surface area contributed by atoms with E-state index < -0.39 is 0 Å². The molecule has 1 aromatic heterocycles. The van der Waals surface area contributed by atoms with Gasteiger partial charge in [-0.1, -0.05) is 131 Å². The summed E-state index contributed by atoms with van der Waals surface area (Å²) < 4.78 is 3.33. The fraction of sp³-hybridized carbons (Fsp3) is 0. The minimum atomic E-state index is 0.939. The highest BCUT2D eigenvalue weighted by molar-refractivity contribution is 9.10. The SMILES string of the molecule is Brc1ccc(-c2c3ccccc3c(-c3ccc(-c4nc5ccccc5n4-c4ccccc4)cc3)c3ccccc23)cc1. The van der Waals surface area contributed by atoms with Gasteiger partial charge in [-0.15, -0.1) is 0 Å². The number of benzene rings is 7. The van der Waals surface area contributed by atoms with Crippen molar-refractivity contribution in [3.63, 3.8) is 0 Å². The largest absolute Gasteiger partial charge is 0.292 e. The summed E-state index contributed by atoms with van der Waals surface area (Å²) in [4.78, 5) is 5.07. The van der Waals surface area contributed by atoms with Gasteiger partial charge in [0.2, 0.25) is 0 Å². The van der Waals surface area contributed by atoms with Crippen molar-refractivity contribution in [2.75, 3.05) is 0 Å². The molecule has 0 atom stereocenters. The van der Waals surface area contributed by atoms with E-state index in [2.05, 4.69) is 160 Å². The molecule has 1 heterocycles. The predicted octanol–water partition coefficient (Wildman–Crippen LogP) is 11.1. The molecule has 0 spiro atoms. The molecule has 0 aliphatic heterocycles. The first-order valence-corrected chi connectivity index (χ1v) is 14.9. The Morgan fingerprint density at radius 1 is 0.429 bits per heavy atom. The number of fused-ring (bicyclic) bond motifs is 3. The topological polar surface area (TPSA) is 17.8 Å². The van der Waals surface area contributed by atoms with Gasteiger partial charge in [-0.25, -0.2) is 4.98 Å². The Bertz CT molecular complexity index is 2170. The molecule has 198 valence electrons. The van der Waals surface area contributed by atoms with E-state index in [-0.39, 0.29) is 0 Å². The van der Waals surface area contributed by atoms with Gasteiger partial charge in [0.15, 0.2) is 0 Å². The zero-order valence-electron chi connectivity index (χ0n) is 22.7. The van der Waals surface area contributed by atoms with Gasteiger partial charge in [-0.3, -0.25) is 4.57 Å². The van der Waals surface area contributed by atoms with Gasteiger partial charge in [-0.2, -0.15) is 0 Å². The summed E-state index contributed by atoms with van der Waals surface area (Å²) in [6, 6.07) is 53.9. The average Bonchev–Trinajstić information content (AvgIpc) is 3.44. The molecular weight excluding hydrogens is 576 g/mol. The third-order valence-corrected chi connectivity index (χ3v) is 8.60. The molecule has 0 radical (unpaired) electrons. The number of aromatic nitrogens is 2. The van der Waals surface area contributed by atoms with Crippen molar-refractivity contribution in [3.05, 3.63) is 156 Å². The van der Waals surface area contributed by atoms with E-state index in [1.54, 1.807) is 0 Å². The highest BCUT2D eigenvalue weighted by Gasteiger charge is 2.18. The number of nitrogens with zero attached hydrogens (tertiary/aromatic N) is 2. The molecule has 0 unspecified atom stereocenters. The van der Waals surface area contributed by atoms with Crippen LogP contribution in [0.4, 0.5) is 0 Å². The molecule has 3 heteroatoms. The normalized spacial score (nSPS) is 11.5. The van der Waals surface area contributed by atoms with Crippen LogP contribution in [-0.2, 0) is 0 Å². The Balaban J connectivity index is 1.34. The maximum atomic E-state index is 5.07. The highest BCUT2D eigenvalue weighted by atomic mass is 79.9. The van der Waals surface area contributed by atoms with E-state index in [0.717, 1.165) is 32.6 Å². The Morgan fingerprint density at radius 2 is 0.881 bits per heavy atom. The lowest BCUT2D eigenvalue weighted by atomic mass is 9.86. The summed E-state index contributed by atoms with van der Waals surface area (Å²) in [6.45, 7) is 0. The second-order valence-corrected chi connectivity index (χ2v) is 11.4. The maximum Gasteiger partial charge on any atom is 0.145 e. The summed E-state index contributed by atoms with van der Waals surface area (Å²) in [7, 11) is 0. The number of halogens is 1. The second kappa shape index (κ2) is 10.1. The number of imidazole rings is 1. The molecule has 2 nitrogen and oxygen atoms in total. The number of rotatable bonds is 4. The van der Waals surface area contributed by atoms with Crippen molar-refractivity contribution in [1.82, 2.24) is 9.55 Å². The predicted molar refractivity (Wildman–Crippen MR) is 180 cm³/mol. The van der Waals surface area contributed by atoms with Gasteiger partial charge in [0.05, 0.1) is 11.0 Å². The molecule has 42 heavy (non-hydrogen) atoms. The van der Waals surface area contributed by atoms with Crippen molar-refractivity contribution in [3.8, 4) is 39.3 Å². The Kier molecular flexibility index (Phi) is 5.98. The van der Waals surface area contributed by atoms with E-state index in [1.807, 2.05) is 12.1 Å². The molecule has 0 N–H and O–H groups in total. The number of hydrogen-bond acceptors (Lipinski definition) is 1. The van der Waals surface area contributed by atoms with E-state index in [1.165, 1.54) is 43.8 Å². The van der Waals surface area contributed by atoms with Crippen molar-refractivity contribution >= 4 is 48.5 Å². The van der Waals surface area contributed by atoms with Crippen LogP contribution in [0.5, 0.6) is 0 Å². The minimum Gasteiger partial charge on any atom is -0.292 e. The molecule has 0 bridgehead atoms. The first-order valence-electron chi connectivity index (χ1n) is 14.1.